The van der Waals surface area contributed by atoms with Crippen molar-refractivity contribution in [3.63, 3.8) is 0 Å². The molecule has 4 rings (SSSR count). The van der Waals surface area contributed by atoms with Crippen molar-refractivity contribution in [3.8, 4) is 0 Å². The molecular weight excluding hydrogens is 347 g/mol. The van der Waals surface area contributed by atoms with Gasteiger partial charge in [0.15, 0.2) is 0 Å². The predicted octanol–water partition coefficient (Wildman–Crippen LogP) is 3.15. The van der Waals surface area contributed by atoms with E-state index < -0.39 is 17.8 Å². The number of nitrogens with zero attached hydrogens (tertiary/aromatic N) is 1. The molecule has 0 unspecified atom stereocenters. The van der Waals surface area contributed by atoms with Gasteiger partial charge in [0.2, 0.25) is 0 Å². The van der Waals surface area contributed by atoms with Gasteiger partial charge in [-0.15, -0.1) is 0 Å². The molecule has 0 aliphatic carbocycles. The molecule has 136 valence electrons. The van der Waals surface area contributed by atoms with Gasteiger partial charge >= 0.3 is 6.18 Å². The third-order valence-electron chi connectivity index (χ3n) is 4.64. The van der Waals surface area contributed by atoms with Crippen LogP contribution in [0.4, 0.5) is 18.9 Å². The topological polar surface area (TPSA) is 63.2 Å². The Hall–Kier alpha value is -2.45. The fourth-order valence-electron chi connectivity index (χ4n) is 3.37. The number of fused-ring (bicyclic) bond motifs is 2. The maximum atomic E-state index is 12.7. The number of hydrogen-bond acceptors (Lipinski definition) is 4. The number of halogens is 3. The summed E-state index contributed by atoms with van der Waals surface area (Å²) in [6, 6.07) is 9.43. The normalized spacial score (nSPS) is 24.7. The van der Waals surface area contributed by atoms with Crippen LogP contribution in [-0.4, -0.2) is 29.6 Å². The van der Waals surface area contributed by atoms with Crippen molar-refractivity contribution in [2.75, 3.05) is 11.9 Å². The number of benzene rings is 1. The number of aromatic nitrogens is 1. The van der Waals surface area contributed by atoms with E-state index in [0.29, 0.717) is 11.7 Å². The molecule has 3 heterocycles. The molecule has 2 aliphatic heterocycles. The summed E-state index contributed by atoms with van der Waals surface area (Å²) in [4.78, 5) is 15.4. The summed E-state index contributed by atoms with van der Waals surface area (Å²) >= 11 is 0. The second-order valence-corrected chi connectivity index (χ2v) is 6.43. The van der Waals surface area contributed by atoms with E-state index in [1.165, 1.54) is 6.07 Å². The van der Waals surface area contributed by atoms with Gasteiger partial charge in [-0.2, -0.15) is 13.2 Å². The first-order chi connectivity index (χ1) is 12.4. The molecule has 8 heteroatoms. The molecule has 2 fully saturated rings. The smallest absolute Gasteiger partial charge is 0.367 e. The van der Waals surface area contributed by atoms with E-state index in [2.05, 4.69) is 15.6 Å². The maximum absolute atomic E-state index is 12.7. The van der Waals surface area contributed by atoms with E-state index in [-0.39, 0.29) is 17.8 Å². The average molecular weight is 363 g/mol. The average Bonchev–Trinajstić information content (AvgIpc) is 3.25. The maximum Gasteiger partial charge on any atom is 0.433 e. The Morgan fingerprint density at radius 2 is 2.00 bits per heavy atom. The molecule has 2 N–H and O–H groups in total. The molecule has 3 atom stereocenters. The molecule has 0 spiro atoms. The van der Waals surface area contributed by atoms with Crippen molar-refractivity contribution in [3.05, 3.63) is 59.4 Å². The number of morpholine rings is 1. The number of rotatable bonds is 3. The molecule has 1 amide bonds. The van der Waals surface area contributed by atoms with E-state index >= 15 is 0 Å². The van der Waals surface area contributed by atoms with Gasteiger partial charge in [0.1, 0.15) is 5.69 Å². The highest BCUT2D eigenvalue weighted by molar-refractivity contribution is 6.04. The van der Waals surface area contributed by atoms with Gasteiger partial charge in [-0.25, -0.2) is 0 Å². The van der Waals surface area contributed by atoms with Crippen molar-refractivity contribution in [2.24, 2.45) is 0 Å². The first-order valence-corrected chi connectivity index (χ1v) is 8.23. The molecule has 1 aromatic carbocycles. The van der Waals surface area contributed by atoms with Crippen LogP contribution >= 0.6 is 0 Å². The van der Waals surface area contributed by atoms with Crippen LogP contribution < -0.4 is 10.6 Å². The van der Waals surface area contributed by atoms with Gasteiger partial charge < -0.3 is 15.4 Å². The minimum absolute atomic E-state index is 0.00644. The van der Waals surface area contributed by atoms with Crippen molar-refractivity contribution in [1.29, 1.82) is 0 Å². The predicted molar refractivity (Wildman–Crippen MR) is 87.7 cm³/mol. The Balaban J connectivity index is 1.45. The van der Waals surface area contributed by atoms with Crippen LogP contribution in [0.15, 0.2) is 42.6 Å². The molecule has 26 heavy (non-hydrogen) atoms. The summed E-state index contributed by atoms with van der Waals surface area (Å²) in [5.74, 6) is -0.622. The highest BCUT2D eigenvalue weighted by Crippen LogP contribution is 2.37. The number of anilines is 1. The Labute approximate surface area is 147 Å². The van der Waals surface area contributed by atoms with Crippen molar-refractivity contribution < 1.29 is 22.7 Å². The highest BCUT2D eigenvalue weighted by Gasteiger charge is 2.41. The Bertz CT molecular complexity index is 823. The summed E-state index contributed by atoms with van der Waals surface area (Å²) in [7, 11) is 0. The van der Waals surface area contributed by atoms with E-state index in [1.54, 1.807) is 12.1 Å². The van der Waals surface area contributed by atoms with Gasteiger partial charge in [-0.3, -0.25) is 9.78 Å². The van der Waals surface area contributed by atoms with Crippen LogP contribution in [0.1, 0.15) is 34.1 Å². The molecule has 2 aliphatic rings. The summed E-state index contributed by atoms with van der Waals surface area (Å²) in [5, 5.41) is 6.00. The fourth-order valence-corrected chi connectivity index (χ4v) is 3.37. The highest BCUT2D eigenvalue weighted by atomic mass is 19.4. The first kappa shape index (κ1) is 17.0. The molecule has 0 saturated carbocycles. The lowest BCUT2D eigenvalue weighted by Crippen LogP contribution is -2.33. The number of hydrogen-bond donors (Lipinski definition) is 2. The Morgan fingerprint density at radius 3 is 2.62 bits per heavy atom. The number of nitrogens with one attached hydrogen (secondary N) is 2. The van der Waals surface area contributed by atoms with E-state index in [9.17, 15) is 18.0 Å². The zero-order chi connectivity index (χ0) is 18.3. The number of alkyl halides is 3. The molecule has 2 saturated heterocycles. The summed E-state index contributed by atoms with van der Waals surface area (Å²) in [5.41, 5.74) is 0.310. The van der Waals surface area contributed by atoms with Crippen LogP contribution in [0.5, 0.6) is 0 Å². The third-order valence-corrected chi connectivity index (χ3v) is 4.64. The molecule has 1 aromatic heterocycles. The lowest BCUT2D eigenvalue weighted by atomic mass is 10.0. The Kier molecular flexibility index (Phi) is 4.16. The minimum atomic E-state index is -4.59. The number of carbonyl (C=O) groups is 1. The molecule has 5 nitrogen and oxygen atoms in total. The minimum Gasteiger partial charge on any atom is -0.367 e. The van der Waals surface area contributed by atoms with Crippen LogP contribution in [0.3, 0.4) is 0 Å². The SMILES string of the molecule is O=C(Nc1ccc([C@@H]2O[C@H]3CN[C@@H]2C3)cc1)c1ccnc(C(F)(F)F)c1. The zero-order valence-corrected chi connectivity index (χ0v) is 13.6. The van der Waals surface area contributed by atoms with Crippen LogP contribution in [0.25, 0.3) is 0 Å². The number of carbonyl (C=O) groups excluding carboxylic acids is 1. The van der Waals surface area contributed by atoms with Gasteiger partial charge in [0, 0.05) is 30.0 Å². The lowest BCUT2D eigenvalue weighted by molar-refractivity contribution is -0.141. The van der Waals surface area contributed by atoms with E-state index in [4.69, 9.17) is 4.74 Å². The number of pyridine rings is 1. The van der Waals surface area contributed by atoms with Gasteiger partial charge in [0.05, 0.1) is 12.2 Å². The van der Waals surface area contributed by atoms with Gasteiger partial charge in [-0.1, -0.05) is 12.1 Å². The molecule has 2 bridgehead atoms. The zero-order valence-electron chi connectivity index (χ0n) is 13.6. The number of amides is 1. The Morgan fingerprint density at radius 1 is 1.23 bits per heavy atom. The summed E-state index contributed by atoms with van der Waals surface area (Å²) in [6.07, 6.45) is -2.38. The monoisotopic (exact) mass is 363 g/mol. The lowest BCUT2D eigenvalue weighted by Gasteiger charge is -2.23. The second kappa shape index (κ2) is 6.37. The van der Waals surface area contributed by atoms with E-state index in [0.717, 1.165) is 30.8 Å². The third kappa shape index (κ3) is 3.30. The second-order valence-electron chi connectivity index (χ2n) is 6.43. The van der Waals surface area contributed by atoms with Crippen LogP contribution in [0.2, 0.25) is 0 Å². The molecule has 2 aromatic rings. The summed E-state index contributed by atoms with van der Waals surface area (Å²) < 4.78 is 44.0. The quantitative estimate of drug-likeness (QED) is 0.879. The number of ether oxygens (including phenoxy) is 1. The van der Waals surface area contributed by atoms with Gasteiger partial charge in [-0.05, 0) is 36.2 Å². The largest absolute Gasteiger partial charge is 0.433 e. The van der Waals surface area contributed by atoms with Crippen molar-refractivity contribution in [2.45, 2.75) is 30.8 Å². The first-order valence-electron chi connectivity index (χ1n) is 8.23. The fraction of sp³-hybridized carbons (Fsp3) is 0.333. The van der Waals surface area contributed by atoms with Crippen molar-refractivity contribution in [1.82, 2.24) is 10.3 Å². The van der Waals surface area contributed by atoms with Gasteiger partial charge in [0.25, 0.3) is 5.91 Å². The standard InChI is InChI=1S/C18H16F3N3O2/c19-18(20,21)15-7-11(5-6-22-15)17(25)24-12-3-1-10(2-4-12)16-14-8-13(26-16)9-23-14/h1-7,13-14,16,23H,8-9H2,(H,24,25)/t13-,14-,16+/m1/s1. The van der Waals surface area contributed by atoms with E-state index in [1.807, 2.05) is 12.1 Å². The molecular formula is C18H16F3N3O2. The summed E-state index contributed by atoms with van der Waals surface area (Å²) in [6.45, 7) is 0.876. The van der Waals surface area contributed by atoms with Crippen LogP contribution in [-0.2, 0) is 10.9 Å². The van der Waals surface area contributed by atoms with Crippen LogP contribution in [0, 0.1) is 0 Å². The molecule has 0 radical (unpaired) electrons. The van der Waals surface area contributed by atoms with Crippen molar-refractivity contribution >= 4 is 11.6 Å².